The molecule has 2 heteroatoms. The molecule has 0 saturated carbocycles. The summed E-state index contributed by atoms with van der Waals surface area (Å²) in [5.41, 5.74) is 3.31. The molecular weight excluding hydrogens is 222 g/mol. The lowest BCUT2D eigenvalue weighted by molar-refractivity contribution is 0.0940. The predicted molar refractivity (Wildman–Crippen MR) is 71.7 cm³/mol. The number of rotatable bonds is 2. The lowest BCUT2D eigenvalue weighted by Crippen LogP contribution is -2.35. The first kappa shape index (κ1) is 11.0. The Hall–Kier alpha value is -2.09. The number of hydrogen-bond acceptors (Lipinski definition) is 1. The van der Waals surface area contributed by atoms with Crippen molar-refractivity contribution in [2.75, 3.05) is 6.54 Å². The van der Waals surface area contributed by atoms with Gasteiger partial charge < -0.3 is 5.32 Å². The molecule has 0 spiro atoms. The molecule has 0 aliphatic carbocycles. The van der Waals surface area contributed by atoms with E-state index in [0.29, 0.717) is 5.92 Å². The number of amides is 1. The molecule has 1 aliphatic rings. The summed E-state index contributed by atoms with van der Waals surface area (Å²) >= 11 is 0. The molecule has 2 nitrogen and oxygen atoms in total. The van der Waals surface area contributed by atoms with Gasteiger partial charge in [0.2, 0.25) is 0 Å². The molecule has 1 atom stereocenters. The van der Waals surface area contributed by atoms with E-state index in [4.69, 9.17) is 0 Å². The highest BCUT2D eigenvalue weighted by Gasteiger charge is 2.24. The van der Waals surface area contributed by atoms with Gasteiger partial charge in [-0.2, -0.15) is 0 Å². The Morgan fingerprint density at radius 3 is 2.56 bits per heavy atom. The maximum atomic E-state index is 11.8. The largest absolute Gasteiger partial charge is 0.351 e. The molecule has 0 fully saturated rings. The highest BCUT2D eigenvalue weighted by atomic mass is 16.1. The highest BCUT2D eigenvalue weighted by molar-refractivity contribution is 5.97. The van der Waals surface area contributed by atoms with Crippen LogP contribution in [0, 0.1) is 0 Å². The monoisotopic (exact) mass is 237 g/mol. The Morgan fingerprint density at radius 1 is 1.00 bits per heavy atom. The molecule has 1 N–H and O–H groups in total. The molecule has 0 bridgehead atoms. The van der Waals surface area contributed by atoms with Crippen LogP contribution >= 0.6 is 0 Å². The zero-order valence-corrected chi connectivity index (χ0v) is 10.1. The van der Waals surface area contributed by atoms with Gasteiger partial charge in [-0.25, -0.2) is 0 Å². The quantitative estimate of drug-likeness (QED) is 0.855. The Balaban J connectivity index is 1.91. The van der Waals surface area contributed by atoms with Crippen molar-refractivity contribution in [1.29, 1.82) is 0 Å². The summed E-state index contributed by atoms with van der Waals surface area (Å²) in [6.45, 7) is 0.727. The Morgan fingerprint density at radius 2 is 1.72 bits per heavy atom. The van der Waals surface area contributed by atoms with Gasteiger partial charge in [0.1, 0.15) is 0 Å². The Kier molecular flexibility index (Phi) is 2.85. The molecule has 90 valence electrons. The third-order valence-corrected chi connectivity index (χ3v) is 3.48. The minimum atomic E-state index is 0.0508. The van der Waals surface area contributed by atoms with Crippen LogP contribution in [0.2, 0.25) is 0 Å². The maximum absolute atomic E-state index is 11.8. The molecule has 18 heavy (non-hydrogen) atoms. The maximum Gasteiger partial charge on any atom is 0.251 e. The second kappa shape index (κ2) is 4.65. The molecule has 2 aromatic carbocycles. The third-order valence-electron chi connectivity index (χ3n) is 3.48. The van der Waals surface area contributed by atoms with Crippen LogP contribution in [0.25, 0.3) is 0 Å². The fourth-order valence-corrected chi connectivity index (χ4v) is 2.56. The van der Waals surface area contributed by atoms with Crippen molar-refractivity contribution in [1.82, 2.24) is 5.32 Å². The first-order chi connectivity index (χ1) is 8.84. The third kappa shape index (κ3) is 2.02. The summed E-state index contributed by atoms with van der Waals surface area (Å²) in [6.07, 6.45) is 0.970. The van der Waals surface area contributed by atoms with Gasteiger partial charge in [-0.05, 0) is 23.6 Å². The molecule has 1 heterocycles. The summed E-state index contributed by atoms with van der Waals surface area (Å²) < 4.78 is 0. The topological polar surface area (TPSA) is 29.1 Å². The average molecular weight is 237 g/mol. The molecule has 0 aromatic heterocycles. The van der Waals surface area contributed by atoms with Gasteiger partial charge in [0.25, 0.3) is 5.91 Å². The fraction of sp³-hybridized carbons (Fsp3) is 0.188. The summed E-state index contributed by atoms with van der Waals surface area (Å²) in [6, 6.07) is 18.3. The van der Waals surface area contributed by atoms with E-state index in [1.54, 1.807) is 0 Å². The van der Waals surface area contributed by atoms with Gasteiger partial charge in [0.05, 0.1) is 0 Å². The molecule has 1 amide bonds. The van der Waals surface area contributed by atoms with Crippen molar-refractivity contribution in [2.24, 2.45) is 0 Å². The van der Waals surface area contributed by atoms with Crippen molar-refractivity contribution in [2.45, 2.75) is 12.3 Å². The van der Waals surface area contributed by atoms with Crippen LogP contribution in [0.5, 0.6) is 0 Å². The Labute approximate surface area is 107 Å². The van der Waals surface area contributed by atoms with Crippen LogP contribution in [-0.4, -0.2) is 12.5 Å². The average Bonchev–Trinajstić information content (AvgIpc) is 2.44. The van der Waals surface area contributed by atoms with Crippen molar-refractivity contribution in [3.8, 4) is 0 Å². The minimum Gasteiger partial charge on any atom is -0.351 e. The first-order valence-electron chi connectivity index (χ1n) is 6.25. The van der Waals surface area contributed by atoms with Gasteiger partial charge in [0.15, 0.2) is 0 Å². The molecule has 3 rings (SSSR count). The van der Waals surface area contributed by atoms with Crippen LogP contribution in [0.15, 0.2) is 54.6 Å². The first-order valence-corrected chi connectivity index (χ1v) is 6.25. The fourth-order valence-electron chi connectivity index (χ4n) is 2.56. The lowest BCUT2D eigenvalue weighted by Gasteiger charge is -2.25. The van der Waals surface area contributed by atoms with E-state index in [1.807, 2.05) is 24.3 Å². The number of benzene rings is 2. The van der Waals surface area contributed by atoms with Crippen molar-refractivity contribution >= 4 is 5.91 Å². The van der Waals surface area contributed by atoms with Crippen LogP contribution in [0.1, 0.15) is 27.4 Å². The van der Waals surface area contributed by atoms with E-state index in [1.165, 1.54) is 11.1 Å². The summed E-state index contributed by atoms with van der Waals surface area (Å²) in [7, 11) is 0. The van der Waals surface area contributed by atoms with Crippen molar-refractivity contribution in [3.05, 3.63) is 71.3 Å². The van der Waals surface area contributed by atoms with Crippen LogP contribution in [0.4, 0.5) is 0 Å². The standard InChI is InChI=1S/C16H15NO/c18-16-15-9-5-4-8-14(15)13(11-17-16)10-12-6-2-1-3-7-12/h1-9,13H,10-11H2,(H,17,18). The minimum absolute atomic E-state index is 0.0508. The van der Waals surface area contributed by atoms with E-state index >= 15 is 0 Å². The van der Waals surface area contributed by atoms with Gasteiger partial charge in [-0.15, -0.1) is 0 Å². The summed E-state index contributed by atoms with van der Waals surface area (Å²) in [5.74, 6) is 0.427. The van der Waals surface area contributed by atoms with Crippen LogP contribution in [-0.2, 0) is 6.42 Å². The molecule has 1 unspecified atom stereocenters. The lowest BCUT2D eigenvalue weighted by atomic mass is 9.86. The van der Waals surface area contributed by atoms with Crippen molar-refractivity contribution < 1.29 is 4.79 Å². The van der Waals surface area contributed by atoms with Crippen LogP contribution in [0.3, 0.4) is 0 Å². The molecule has 2 aromatic rings. The zero-order valence-electron chi connectivity index (χ0n) is 10.1. The second-order valence-corrected chi connectivity index (χ2v) is 4.68. The normalized spacial score (nSPS) is 18.0. The molecular formula is C16H15NO. The number of carbonyl (C=O) groups excluding carboxylic acids is 1. The molecule has 0 saturated heterocycles. The number of nitrogens with one attached hydrogen (secondary N) is 1. The van der Waals surface area contributed by atoms with E-state index in [2.05, 4.69) is 35.6 Å². The highest BCUT2D eigenvalue weighted by Crippen LogP contribution is 2.26. The van der Waals surface area contributed by atoms with E-state index in [-0.39, 0.29) is 5.91 Å². The number of hydrogen-bond donors (Lipinski definition) is 1. The second-order valence-electron chi connectivity index (χ2n) is 4.68. The Bertz CT molecular complexity index is 562. The SMILES string of the molecule is O=C1NCC(Cc2ccccc2)c2ccccc21. The summed E-state index contributed by atoms with van der Waals surface area (Å²) in [5, 5.41) is 2.97. The van der Waals surface area contributed by atoms with E-state index in [9.17, 15) is 4.79 Å². The number of carbonyl (C=O) groups is 1. The summed E-state index contributed by atoms with van der Waals surface area (Å²) in [4.78, 5) is 11.8. The van der Waals surface area contributed by atoms with Gasteiger partial charge in [-0.3, -0.25) is 4.79 Å². The zero-order chi connectivity index (χ0) is 12.4. The van der Waals surface area contributed by atoms with Crippen molar-refractivity contribution in [3.63, 3.8) is 0 Å². The molecule has 0 radical (unpaired) electrons. The molecule has 1 aliphatic heterocycles. The van der Waals surface area contributed by atoms with E-state index in [0.717, 1.165) is 18.5 Å². The van der Waals surface area contributed by atoms with Gasteiger partial charge in [0, 0.05) is 18.0 Å². The number of fused-ring (bicyclic) bond motifs is 1. The van der Waals surface area contributed by atoms with E-state index < -0.39 is 0 Å². The van der Waals surface area contributed by atoms with Crippen LogP contribution < -0.4 is 5.32 Å². The van der Waals surface area contributed by atoms with Gasteiger partial charge >= 0.3 is 0 Å². The van der Waals surface area contributed by atoms with Gasteiger partial charge in [-0.1, -0.05) is 48.5 Å². The smallest absolute Gasteiger partial charge is 0.251 e. The predicted octanol–water partition coefficient (Wildman–Crippen LogP) is 2.76.